The summed E-state index contributed by atoms with van der Waals surface area (Å²) >= 11 is 0. The van der Waals surface area contributed by atoms with Gasteiger partial charge in [0.15, 0.2) is 17.5 Å². The second kappa shape index (κ2) is 7.27. The summed E-state index contributed by atoms with van der Waals surface area (Å²) in [5.41, 5.74) is 2.11. The smallest absolute Gasteiger partial charge is 0.307 e. The maximum absolute atomic E-state index is 13.8. The first-order valence-corrected chi connectivity index (χ1v) is 8.54. The number of imidazole rings is 1. The van der Waals surface area contributed by atoms with E-state index in [-0.39, 0.29) is 0 Å². The first-order chi connectivity index (χ1) is 13.9. The number of aryl methyl sites for hydroxylation is 1. The van der Waals surface area contributed by atoms with Gasteiger partial charge in [-0.15, -0.1) is 0 Å². The Labute approximate surface area is 163 Å². The number of aromatic nitrogens is 3. The third-order valence-electron chi connectivity index (χ3n) is 4.30. The summed E-state index contributed by atoms with van der Waals surface area (Å²) in [6.07, 6.45) is 5.25. The Balaban J connectivity index is 1.58. The molecule has 0 spiro atoms. The number of rotatable bonds is 3. The number of carbonyl (C=O) groups excluding carboxylic acids is 1. The molecule has 2 heterocycles. The van der Waals surface area contributed by atoms with Gasteiger partial charge >= 0.3 is 6.03 Å². The van der Waals surface area contributed by atoms with E-state index in [0.29, 0.717) is 17.2 Å². The largest absolute Gasteiger partial charge is 0.323 e. The molecule has 0 saturated heterocycles. The van der Waals surface area contributed by atoms with Gasteiger partial charge in [0.2, 0.25) is 5.78 Å². The molecule has 0 radical (unpaired) electrons. The first kappa shape index (κ1) is 18.5. The van der Waals surface area contributed by atoms with E-state index in [2.05, 4.69) is 20.6 Å². The van der Waals surface area contributed by atoms with Crippen molar-refractivity contribution in [2.24, 2.45) is 0 Å². The number of halogens is 3. The Hall–Kier alpha value is -3.88. The van der Waals surface area contributed by atoms with Crippen LogP contribution in [0, 0.1) is 24.4 Å². The van der Waals surface area contributed by atoms with E-state index < -0.39 is 29.2 Å². The van der Waals surface area contributed by atoms with E-state index in [4.69, 9.17) is 0 Å². The van der Waals surface area contributed by atoms with Crippen LogP contribution in [0.5, 0.6) is 0 Å². The molecule has 29 heavy (non-hydrogen) atoms. The summed E-state index contributed by atoms with van der Waals surface area (Å²) in [6, 6.07) is 8.00. The molecule has 2 amide bonds. The Morgan fingerprint density at radius 1 is 1.03 bits per heavy atom. The highest BCUT2D eigenvalue weighted by Gasteiger charge is 2.16. The molecule has 4 aromatic rings. The Morgan fingerprint density at radius 2 is 1.83 bits per heavy atom. The van der Waals surface area contributed by atoms with Gasteiger partial charge in [-0.3, -0.25) is 4.40 Å². The van der Waals surface area contributed by atoms with Crippen LogP contribution < -0.4 is 10.6 Å². The molecule has 0 aliphatic carbocycles. The van der Waals surface area contributed by atoms with Gasteiger partial charge < -0.3 is 10.6 Å². The van der Waals surface area contributed by atoms with Gasteiger partial charge in [0.05, 0.1) is 11.4 Å². The van der Waals surface area contributed by atoms with Crippen molar-refractivity contribution < 1.29 is 18.0 Å². The quantitative estimate of drug-likeness (QED) is 0.490. The zero-order chi connectivity index (χ0) is 20.5. The highest BCUT2D eigenvalue weighted by molar-refractivity contribution is 6.00. The molecule has 0 bridgehead atoms. The molecule has 4 rings (SSSR count). The van der Waals surface area contributed by atoms with Gasteiger partial charge in [0, 0.05) is 29.8 Å². The SMILES string of the molecule is Cc1ccc(-c2cn3cccnc3n2)cc1NC(=O)Nc1ccc(F)c(F)c1F. The van der Waals surface area contributed by atoms with E-state index in [0.717, 1.165) is 23.3 Å². The number of anilines is 2. The van der Waals surface area contributed by atoms with E-state index in [1.54, 1.807) is 41.9 Å². The van der Waals surface area contributed by atoms with Gasteiger partial charge in [-0.2, -0.15) is 0 Å². The van der Waals surface area contributed by atoms with E-state index >= 15 is 0 Å². The third kappa shape index (κ3) is 3.62. The Morgan fingerprint density at radius 3 is 2.62 bits per heavy atom. The maximum atomic E-state index is 13.8. The van der Waals surface area contributed by atoms with E-state index in [1.807, 2.05) is 12.3 Å². The molecule has 2 aromatic carbocycles. The molecule has 6 nitrogen and oxygen atoms in total. The number of nitrogens with one attached hydrogen (secondary N) is 2. The molecule has 0 unspecified atom stereocenters. The average Bonchev–Trinajstić information content (AvgIpc) is 3.14. The van der Waals surface area contributed by atoms with Crippen molar-refractivity contribution in [3.8, 4) is 11.3 Å². The fourth-order valence-corrected chi connectivity index (χ4v) is 2.78. The van der Waals surface area contributed by atoms with Crippen molar-refractivity contribution in [1.29, 1.82) is 0 Å². The Kier molecular flexibility index (Phi) is 4.63. The van der Waals surface area contributed by atoms with Gasteiger partial charge in [0.25, 0.3) is 0 Å². The van der Waals surface area contributed by atoms with Crippen molar-refractivity contribution in [2.45, 2.75) is 6.92 Å². The molecular formula is C20H14F3N5O. The third-order valence-corrected chi connectivity index (χ3v) is 4.30. The van der Waals surface area contributed by atoms with Crippen molar-refractivity contribution in [2.75, 3.05) is 10.6 Å². The van der Waals surface area contributed by atoms with Crippen LogP contribution in [0.3, 0.4) is 0 Å². The second-order valence-corrected chi connectivity index (χ2v) is 6.28. The number of fused-ring (bicyclic) bond motifs is 1. The van der Waals surface area contributed by atoms with Crippen LogP contribution in [0.1, 0.15) is 5.56 Å². The summed E-state index contributed by atoms with van der Waals surface area (Å²) in [4.78, 5) is 20.8. The van der Waals surface area contributed by atoms with Crippen LogP contribution in [-0.2, 0) is 0 Å². The zero-order valence-corrected chi connectivity index (χ0v) is 15.1. The molecular weight excluding hydrogens is 383 g/mol. The van der Waals surface area contributed by atoms with Gasteiger partial charge in [-0.1, -0.05) is 12.1 Å². The zero-order valence-electron chi connectivity index (χ0n) is 15.1. The molecule has 0 aliphatic rings. The standard InChI is InChI=1S/C20H14F3N5O/c1-11-3-4-12(16-10-28-8-2-7-24-19(28)25-16)9-15(11)27-20(29)26-14-6-5-13(21)17(22)18(14)23/h2-10H,1H3,(H2,26,27,29). The summed E-state index contributed by atoms with van der Waals surface area (Å²) in [7, 11) is 0. The number of hydrogen-bond acceptors (Lipinski definition) is 3. The molecule has 0 saturated carbocycles. The summed E-state index contributed by atoms with van der Waals surface area (Å²) in [6.45, 7) is 1.78. The van der Waals surface area contributed by atoms with Crippen LogP contribution in [-0.4, -0.2) is 20.4 Å². The normalized spacial score (nSPS) is 10.9. The Bertz CT molecular complexity index is 1210. The lowest BCUT2D eigenvalue weighted by molar-refractivity contribution is 0.262. The fourth-order valence-electron chi connectivity index (χ4n) is 2.78. The summed E-state index contributed by atoms with van der Waals surface area (Å²) in [5.74, 6) is -3.92. The lowest BCUT2D eigenvalue weighted by atomic mass is 10.1. The second-order valence-electron chi connectivity index (χ2n) is 6.28. The fraction of sp³-hybridized carbons (Fsp3) is 0.0500. The molecule has 9 heteroatoms. The summed E-state index contributed by atoms with van der Waals surface area (Å²) in [5, 5.41) is 4.75. The van der Waals surface area contributed by atoms with Crippen LogP contribution in [0.4, 0.5) is 29.3 Å². The predicted octanol–water partition coefficient (Wildman–Crippen LogP) is 4.77. The average molecular weight is 397 g/mol. The van der Waals surface area contributed by atoms with Crippen LogP contribution >= 0.6 is 0 Å². The van der Waals surface area contributed by atoms with Crippen LogP contribution in [0.15, 0.2) is 55.0 Å². The first-order valence-electron chi connectivity index (χ1n) is 8.54. The van der Waals surface area contributed by atoms with Crippen LogP contribution in [0.25, 0.3) is 17.0 Å². The molecule has 0 aliphatic heterocycles. The molecule has 0 fully saturated rings. The molecule has 146 valence electrons. The van der Waals surface area contributed by atoms with Gasteiger partial charge in [-0.25, -0.2) is 27.9 Å². The number of hydrogen-bond donors (Lipinski definition) is 2. The highest BCUT2D eigenvalue weighted by atomic mass is 19.2. The number of nitrogens with zero attached hydrogens (tertiary/aromatic N) is 3. The van der Waals surface area contributed by atoms with Crippen molar-refractivity contribution in [3.05, 3.63) is 78.0 Å². The lowest BCUT2D eigenvalue weighted by Gasteiger charge is -2.12. The minimum atomic E-state index is -1.65. The highest BCUT2D eigenvalue weighted by Crippen LogP contribution is 2.26. The molecule has 2 N–H and O–H groups in total. The predicted molar refractivity (Wildman–Crippen MR) is 102 cm³/mol. The summed E-state index contributed by atoms with van der Waals surface area (Å²) < 4.78 is 41.9. The minimum absolute atomic E-state index is 0.452. The number of amides is 2. The lowest BCUT2D eigenvalue weighted by Crippen LogP contribution is -2.21. The maximum Gasteiger partial charge on any atom is 0.323 e. The monoisotopic (exact) mass is 397 g/mol. The van der Waals surface area contributed by atoms with Crippen molar-refractivity contribution >= 4 is 23.2 Å². The van der Waals surface area contributed by atoms with Crippen molar-refractivity contribution in [1.82, 2.24) is 14.4 Å². The van der Waals surface area contributed by atoms with Crippen LogP contribution in [0.2, 0.25) is 0 Å². The van der Waals surface area contributed by atoms with Gasteiger partial charge in [-0.05, 0) is 36.8 Å². The number of urea groups is 1. The molecule has 2 aromatic heterocycles. The van der Waals surface area contributed by atoms with E-state index in [9.17, 15) is 18.0 Å². The number of benzene rings is 2. The number of carbonyl (C=O) groups is 1. The molecule has 0 atom stereocenters. The van der Waals surface area contributed by atoms with Crippen molar-refractivity contribution in [3.63, 3.8) is 0 Å². The minimum Gasteiger partial charge on any atom is -0.307 e. The van der Waals surface area contributed by atoms with Gasteiger partial charge in [0.1, 0.15) is 0 Å². The topological polar surface area (TPSA) is 71.3 Å². The van der Waals surface area contributed by atoms with E-state index in [1.165, 1.54) is 0 Å².